The first kappa shape index (κ1) is 24.0. The van der Waals surface area contributed by atoms with Gasteiger partial charge in [0.25, 0.3) is 0 Å². The van der Waals surface area contributed by atoms with Gasteiger partial charge < -0.3 is 20.1 Å². The zero-order valence-corrected chi connectivity index (χ0v) is 18.9. The van der Waals surface area contributed by atoms with Crippen molar-refractivity contribution in [2.24, 2.45) is 23.7 Å². The van der Waals surface area contributed by atoms with Crippen LogP contribution in [0.4, 0.5) is 0 Å². The maximum absolute atomic E-state index is 13.5. The molecule has 7 heteroatoms. The van der Waals surface area contributed by atoms with Crippen molar-refractivity contribution < 1.29 is 24.2 Å². The number of carbonyl (C=O) groups excluding carboxylic acids is 3. The maximum atomic E-state index is 13.5. The van der Waals surface area contributed by atoms with Crippen LogP contribution < -0.4 is 5.32 Å². The number of carbonyl (C=O) groups is 3. The molecule has 1 aliphatic carbocycles. The first-order chi connectivity index (χ1) is 15.5. The van der Waals surface area contributed by atoms with Gasteiger partial charge in [0.15, 0.2) is 0 Å². The fourth-order valence-corrected chi connectivity index (χ4v) is 4.97. The fraction of sp³-hybridized carbons (Fsp3) is 0.560. The van der Waals surface area contributed by atoms with Gasteiger partial charge in [-0.15, -0.1) is 0 Å². The molecule has 0 aromatic heterocycles. The van der Waals surface area contributed by atoms with Crippen LogP contribution in [0.5, 0.6) is 0 Å². The van der Waals surface area contributed by atoms with Crippen molar-refractivity contribution >= 4 is 17.8 Å². The maximum Gasteiger partial charge on any atom is 0.310 e. The molecule has 2 amide bonds. The normalized spacial score (nSPS) is 26.7. The van der Waals surface area contributed by atoms with Crippen LogP contribution in [-0.2, 0) is 25.7 Å². The van der Waals surface area contributed by atoms with Crippen molar-refractivity contribution in [3.8, 4) is 0 Å². The highest BCUT2D eigenvalue weighted by Crippen LogP contribution is 2.45. The molecule has 1 aliphatic heterocycles. The number of amides is 2. The van der Waals surface area contributed by atoms with Crippen molar-refractivity contribution in [3.63, 3.8) is 0 Å². The van der Waals surface area contributed by atoms with Crippen molar-refractivity contribution in [1.82, 2.24) is 10.2 Å². The third-order valence-corrected chi connectivity index (χ3v) is 6.53. The summed E-state index contributed by atoms with van der Waals surface area (Å²) in [5, 5.41) is 12.2. The number of nitrogens with one attached hydrogen (secondary N) is 1. The Balaban J connectivity index is 1.87. The van der Waals surface area contributed by atoms with Crippen LogP contribution in [0.3, 0.4) is 0 Å². The molecule has 0 saturated carbocycles. The first-order valence-corrected chi connectivity index (χ1v) is 11.6. The van der Waals surface area contributed by atoms with E-state index in [1.54, 1.807) is 11.8 Å². The van der Waals surface area contributed by atoms with Crippen molar-refractivity contribution in [1.29, 1.82) is 0 Å². The van der Waals surface area contributed by atoms with Crippen LogP contribution in [-0.4, -0.2) is 53.6 Å². The summed E-state index contributed by atoms with van der Waals surface area (Å²) in [6.45, 7) is 4.77. The Kier molecular flexibility index (Phi) is 8.45. The number of likely N-dealkylation sites (tertiary alicyclic amines) is 1. The number of ether oxygens (including phenoxy) is 1. The molecule has 1 aromatic carbocycles. The predicted molar refractivity (Wildman–Crippen MR) is 120 cm³/mol. The summed E-state index contributed by atoms with van der Waals surface area (Å²) in [4.78, 5) is 41.3. The predicted octanol–water partition coefficient (Wildman–Crippen LogP) is 2.29. The summed E-state index contributed by atoms with van der Waals surface area (Å²) in [6.07, 6.45) is 5.78. The average molecular weight is 443 g/mol. The standard InChI is InChI=1S/C25H34N2O5/c1-3-18-12-13-19-21(20(18)25(31)32-4-2)24(30)27(14-8-9-15-28)22(19)23(29)26-16-17-10-6-5-7-11-17/h5-7,10-13,18-22,28H,3-4,8-9,14-16H2,1-2H3,(H,26,29)/t18-,19+,20-,21-,22+/m1/s1. The highest BCUT2D eigenvalue weighted by molar-refractivity contribution is 5.96. The summed E-state index contributed by atoms with van der Waals surface area (Å²) >= 11 is 0. The summed E-state index contributed by atoms with van der Waals surface area (Å²) in [7, 11) is 0. The number of hydrogen-bond acceptors (Lipinski definition) is 5. The molecule has 1 fully saturated rings. The lowest BCUT2D eigenvalue weighted by Gasteiger charge is -2.33. The molecule has 7 nitrogen and oxygen atoms in total. The number of benzene rings is 1. The molecule has 1 saturated heterocycles. The van der Waals surface area contributed by atoms with Crippen LogP contribution in [0.15, 0.2) is 42.5 Å². The van der Waals surface area contributed by atoms with Crippen LogP contribution in [0.1, 0.15) is 38.7 Å². The lowest BCUT2D eigenvalue weighted by molar-refractivity contribution is -0.155. The molecule has 0 spiro atoms. The van der Waals surface area contributed by atoms with E-state index in [-0.39, 0.29) is 42.8 Å². The molecule has 0 bridgehead atoms. The zero-order valence-electron chi connectivity index (χ0n) is 18.9. The number of aliphatic hydroxyl groups excluding tert-OH is 1. The van der Waals surface area contributed by atoms with Gasteiger partial charge in [0.1, 0.15) is 6.04 Å². The SMILES string of the molecule is CCOC(=O)[C@H]1[C@@H]2C(=O)N(CCCCO)[C@H](C(=O)NCc3ccccc3)[C@H]2C=C[C@H]1CC. The van der Waals surface area contributed by atoms with E-state index in [1.165, 1.54) is 0 Å². The average Bonchev–Trinajstić information content (AvgIpc) is 3.09. The number of allylic oxidation sites excluding steroid dienone is 1. The second kappa shape index (κ2) is 11.3. The summed E-state index contributed by atoms with van der Waals surface area (Å²) in [6, 6.07) is 8.94. The van der Waals surface area contributed by atoms with Crippen molar-refractivity contribution in [2.45, 2.75) is 45.7 Å². The van der Waals surface area contributed by atoms with Gasteiger partial charge in [0, 0.05) is 25.6 Å². The molecular weight excluding hydrogens is 408 g/mol. The molecule has 174 valence electrons. The lowest BCUT2D eigenvalue weighted by atomic mass is 9.69. The van der Waals surface area contributed by atoms with E-state index in [0.717, 1.165) is 5.56 Å². The topological polar surface area (TPSA) is 95.9 Å². The molecule has 1 aromatic rings. The third kappa shape index (κ3) is 5.04. The van der Waals surface area contributed by atoms with Crippen LogP contribution >= 0.6 is 0 Å². The molecule has 2 aliphatic rings. The quantitative estimate of drug-likeness (QED) is 0.329. The number of fused-ring (bicyclic) bond motifs is 1. The molecule has 0 unspecified atom stereocenters. The Labute approximate surface area is 189 Å². The Morgan fingerprint density at radius 2 is 1.88 bits per heavy atom. The van der Waals surface area contributed by atoms with Gasteiger partial charge in [0.05, 0.1) is 18.4 Å². The van der Waals surface area contributed by atoms with Gasteiger partial charge in [-0.3, -0.25) is 14.4 Å². The first-order valence-electron chi connectivity index (χ1n) is 11.6. The Bertz CT molecular complexity index is 825. The third-order valence-electron chi connectivity index (χ3n) is 6.53. The number of hydrogen-bond donors (Lipinski definition) is 2. The van der Waals surface area contributed by atoms with E-state index in [4.69, 9.17) is 4.74 Å². The highest BCUT2D eigenvalue weighted by Gasteiger charge is 2.57. The van der Waals surface area contributed by atoms with Gasteiger partial charge in [-0.2, -0.15) is 0 Å². The van der Waals surface area contributed by atoms with Crippen LogP contribution in [0.25, 0.3) is 0 Å². The van der Waals surface area contributed by atoms with Crippen LogP contribution in [0, 0.1) is 23.7 Å². The molecule has 3 rings (SSSR count). The minimum atomic E-state index is -0.680. The number of nitrogens with zero attached hydrogens (tertiary/aromatic N) is 1. The highest BCUT2D eigenvalue weighted by atomic mass is 16.5. The van der Waals surface area contributed by atoms with Gasteiger partial charge in [-0.25, -0.2) is 0 Å². The molecule has 5 atom stereocenters. The van der Waals surface area contributed by atoms with E-state index < -0.39 is 17.9 Å². The van der Waals surface area contributed by atoms with E-state index in [2.05, 4.69) is 5.32 Å². The van der Waals surface area contributed by atoms with Gasteiger partial charge in [-0.05, 0) is 37.7 Å². The van der Waals surface area contributed by atoms with Gasteiger partial charge in [0.2, 0.25) is 11.8 Å². The smallest absolute Gasteiger partial charge is 0.310 e. The fourth-order valence-electron chi connectivity index (χ4n) is 4.97. The number of rotatable bonds is 10. The summed E-state index contributed by atoms with van der Waals surface area (Å²) < 4.78 is 5.33. The number of aliphatic hydroxyl groups is 1. The second-order valence-electron chi connectivity index (χ2n) is 8.45. The molecular formula is C25H34N2O5. The molecule has 1 heterocycles. The van der Waals surface area contributed by atoms with E-state index in [1.807, 2.05) is 49.4 Å². The molecule has 32 heavy (non-hydrogen) atoms. The lowest BCUT2D eigenvalue weighted by Crippen LogP contribution is -2.47. The summed E-state index contributed by atoms with van der Waals surface area (Å²) in [5.41, 5.74) is 0.975. The van der Waals surface area contributed by atoms with Crippen molar-refractivity contribution in [2.75, 3.05) is 19.8 Å². The second-order valence-corrected chi connectivity index (χ2v) is 8.45. The largest absolute Gasteiger partial charge is 0.466 e. The molecule has 0 radical (unpaired) electrons. The number of unbranched alkanes of at least 4 members (excludes halogenated alkanes) is 1. The molecule has 2 N–H and O–H groups in total. The number of esters is 1. The Hall–Kier alpha value is -2.67. The van der Waals surface area contributed by atoms with Gasteiger partial charge >= 0.3 is 5.97 Å². The zero-order chi connectivity index (χ0) is 23.1. The van der Waals surface area contributed by atoms with Gasteiger partial charge in [-0.1, -0.05) is 49.4 Å². The Morgan fingerprint density at radius 3 is 2.53 bits per heavy atom. The van der Waals surface area contributed by atoms with Crippen molar-refractivity contribution in [3.05, 3.63) is 48.0 Å². The minimum Gasteiger partial charge on any atom is -0.466 e. The van der Waals surface area contributed by atoms with E-state index >= 15 is 0 Å². The van der Waals surface area contributed by atoms with E-state index in [9.17, 15) is 19.5 Å². The van der Waals surface area contributed by atoms with E-state index in [0.29, 0.717) is 32.4 Å². The minimum absolute atomic E-state index is 0.0308. The summed E-state index contributed by atoms with van der Waals surface area (Å²) in [5.74, 6) is -2.43. The monoisotopic (exact) mass is 442 g/mol. The Morgan fingerprint density at radius 1 is 1.12 bits per heavy atom. The van der Waals surface area contributed by atoms with Crippen LogP contribution in [0.2, 0.25) is 0 Å².